The lowest BCUT2D eigenvalue weighted by atomic mass is 10.2. The van der Waals surface area contributed by atoms with E-state index in [1.54, 1.807) is 0 Å². The number of nitrogens with zero attached hydrogens (tertiary/aromatic N) is 1. The number of hydrogen-bond donors (Lipinski definition) is 3. The summed E-state index contributed by atoms with van der Waals surface area (Å²) in [6, 6.07) is 0. The van der Waals surface area contributed by atoms with Gasteiger partial charge in [-0.15, -0.1) is 0 Å². The Morgan fingerprint density at radius 3 is 3.20 bits per heavy atom. The summed E-state index contributed by atoms with van der Waals surface area (Å²) >= 11 is 0. The van der Waals surface area contributed by atoms with E-state index in [9.17, 15) is 0 Å². The van der Waals surface area contributed by atoms with Crippen molar-refractivity contribution < 1.29 is 0 Å². The summed E-state index contributed by atoms with van der Waals surface area (Å²) in [5.41, 5.74) is 8.92. The molecule has 0 amide bonds. The highest BCUT2D eigenvalue weighted by atomic mass is 15.2. The lowest BCUT2D eigenvalue weighted by molar-refractivity contribution is 0.731. The third-order valence-electron chi connectivity index (χ3n) is 1.84. The molecule has 54 valence electrons. The SMILES string of the molecule is NCc1n[nH]c2c1CNC2. The first-order valence-electron chi connectivity index (χ1n) is 3.37. The lowest BCUT2D eigenvalue weighted by Crippen LogP contribution is -2.05. The predicted octanol–water partition coefficient (Wildman–Crippen LogP) is -0.528. The van der Waals surface area contributed by atoms with Crippen LogP contribution in [0.25, 0.3) is 0 Å². The highest BCUT2D eigenvalue weighted by Crippen LogP contribution is 2.15. The van der Waals surface area contributed by atoms with Crippen molar-refractivity contribution in [1.29, 1.82) is 0 Å². The Hall–Kier alpha value is -0.870. The van der Waals surface area contributed by atoms with Crippen LogP contribution in [-0.4, -0.2) is 10.2 Å². The summed E-state index contributed by atoms with van der Waals surface area (Å²) in [6.07, 6.45) is 0. The molecule has 2 rings (SSSR count). The van der Waals surface area contributed by atoms with Crippen LogP contribution in [0, 0.1) is 0 Å². The average Bonchev–Trinajstić information content (AvgIpc) is 2.44. The predicted molar refractivity (Wildman–Crippen MR) is 37.0 cm³/mol. The molecule has 0 spiro atoms. The summed E-state index contributed by atoms with van der Waals surface area (Å²) in [5.74, 6) is 0. The Morgan fingerprint density at radius 1 is 1.50 bits per heavy atom. The van der Waals surface area contributed by atoms with Crippen molar-refractivity contribution in [3.63, 3.8) is 0 Å². The Morgan fingerprint density at radius 2 is 2.40 bits per heavy atom. The number of nitrogens with two attached hydrogens (primary N) is 1. The highest BCUT2D eigenvalue weighted by molar-refractivity contribution is 5.28. The Bertz CT molecular complexity index is 240. The van der Waals surface area contributed by atoms with Gasteiger partial charge in [0.05, 0.1) is 11.4 Å². The molecular weight excluding hydrogens is 128 g/mol. The summed E-state index contributed by atoms with van der Waals surface area (Å²) in [5, 5.41) is 10.2. The largest absolute Gasteiger partial charge is 0.325 e. The maximum atomic E-state index is 5.46. The molecule has 0 saturated carbocycles. The van der Waals surface area contributed by atoms with E-state index in [1.807, 2.05) is 0 Å². The fourth-order valence-corrected chi connectivity index (χ4v) is 1.28. The van der Waals surface area contributed by atoms with Crippen LogP contribution in [0.3, 0.4) is 0 Å². The quantitative estimate of drug-likeness (QED) is 0.489. The van der Waals surface area contributed by atoms with E-state index in [0.29, 0.717) is 6.54 Å². The summed E-state index contributed by atoms with van der Waals surface area (Å²) < 4.78 is 0. The van der Waals surface area contributed by atoms with Gasteiger partial charge < -0.3 is 11.1 Å². The van der Waals surface area contributed by atoms with E-state index in [2.05, 4.69) is 15.5 Å². The van der Waals surface area contributed by atoms with Crippen molar-refractivity contribution in [1.82, 2.24) is 15.5 Å². The molecule has 1 aromatic heterocycles. The fourth-order valence-electron chi connectivity index (χ4n) is 1.28. The Labute approximate surface area is 58.8 Å². The molecule has 0 fully saturated rings. The zero-order valence-corrected chi connectivity index (χ0v) is 5.65. The number of hydrogen-bond acceptors (Lipinski definition) is 3. The van der Waals surface area contributed by atoms with Gasteiger partial charge in [0.1, 0.15) is 0 Å². The molecule has 0 bridgehead atoms. The van der Waals surface area contributed by atoms with Gasteiger partial charge in [-0.05, 0) is 0 Å². The normalized spacial score (nSPS) is 15.7. The summed E-state index contributed by atoms with van der Waals surface area (Å²) in [7, 11) is 0. The first kappa shape index (κ1) is 5.88. The van der Waals surface area contributed by atoms with Gasteiger partial charge >= 0.3 is 0 Å². The van der Waals surface area contributed by atoms with Gasteiger partial charge in [0, 0.05) is 25.2 Å². The minimum atomic E-state index is 0.535. The van der Waals surface area contributed by atoms with Gasteiger partial charge in [-0.1, -0.05) is 0 Å². The molecule has 0 aliphatic carbocycles. The molecule has 0 unspecified atom stereocenters. The second kappa shape index (κ2) is 2.07. The van der Waals surface area contributed by atoms with Crippen molar-refractivity contribution >= 4 is 0 Å². The monoisotopic (exact) mass is 138 g/mol. The van der Waals surface area contributed by atoms with Crippen LogP contribution in [0.5, 0.6) is 0 Å². The molecule has 4 N–H and O–H groups in total. The molecule has 1 aliphatic heterocycles. The maximum absolute atomic E-state index is 5.46. The van der Waals surface area contributed by atoms with Crippen molar-refractivity contribution in [3.05, 3.63) is 17.0 Å². The minimum absolute atomic E-state index is 0.535. The molecule has 4 heteroatoms. The molecule has 10 heavy (non-hydrogen) atoms. The summed E-state index contributed by atoms with van der Waals surface area (Å²) in [6.45, 7) is 2.36. The van der Waals surface area contributed by atoms with E-state index in [1.165, 1.54) is 11.3 Å². The zero-order chi connectivity index (χ0) is 6.97. The van der Waals surface area contributed by atoms with Gasteiger partial charge in [-0.3, -0.25) is 5.10 Å². The third kappa shape index (κ3) is 0.661. The molecule has 1 aromatic rings. The lowest BCUT2D eigenvalue weighted by Gasteiger charge is -1.91. The van der Waals surface area contributed by atoms with E-state index < -0.39 is 0 Å². The molecule has 0 saturated heterocycles. The van der Waals surface area contributed by atoms with E-state index >= 15 is 0 Å². The van der Waals surface area contributed by atoms with Gasteiger partial charge in [0.25, 0.3) is 0 Å². The van der Waals surface area contributed by atoms with Crippen LogP contribution in [0.15, 0.2) is 0 Å². The van der Waals surface area contributed by atoms with Gasteiger partial charge in [-0.25, -0.2) is 0 Å². The first-order chi connectivity index (χ1) is 4.92. The number of fused-ring (bicyclic) bond motifs is 1. The number of rotatable bonds is 1. The van der Waals surface area contributed by atoms with Gasteiger partial charge in [0.2, 0.25) is 0 Å². The van der Waals surface area contributed by atoms with Crippen LogP contribution >= 0.6 is 0 Å². The number of aromatic nitrogens is 2. The van der Waals surface area contributed by atoms with Gasteiger partial charge in [-0.2, -0.15) is 5.10 Å². The van der Waals surface area contributed by atoms with E-state index in [4.69, 9.17) is 5.73 Å². The molecule has 4 nitrogen and oxygen atoms in total. The maximum Gasteiger partial charge on any atom is 0.0806 e. The van der Waals surface area contributed by atoms with Crippen LogP contribution in [0.2, 0.25) is 0 Å². The molecule has 0 aromatic carbocycles. The third-order valence-corrected chi connectivity index (χ3v) is 1.84. The highest BCUT2D eigenvalue weighted by Gasteiger charge is 2.15. The molecule has 1 aliphatic rings. The number of H-pyrrole nitrogens is 1. The molecule has 0 atom stereocenters. The molecular formula is C6H10N4. The standard InChI is InChI=1S/C6H10N4/c7-1-5-4-2-8-3-6(4)10-9-5/h8H,1-3,7H2,(H,9,10). The second-order valence-corrected chi connectivity index (χ2v) is 2.44. The fraction of sp³-hybridized carbons (Fsp3) is 0.500. The van der Waals surface area contributed by atoms with Crippen molar-refractivity contribution in [2.45, 2.75) is 19.6 Å². The van der Waals surface area contributed by atoms with Gasteiger partial charge in [0.15, 0.2) is 0 Å². The van der Waals surface area contributed by atoms with Crippen LogP contribution < -0.4 is 11.1 Å². The smallest absolute Gasteiger partial charge is 0.0806 e. The Kier molecular flexibility index (Phi) is 1.22. The Balaban J connectivity index is 2.44. The molecule has 2 heterocycles. The van der Waals surface area contributed by atoms with Crippen molar-refractivity contribution in [2.75, 3.05) is 0 Å². The van der Waals surface area contributed by atoms with E-state index in [0.717, 1.165) is 18.8 Å². The number of nitrogens with one attached hydrogen (secondary N) is 2. The topological polar surface area (TPSA) is 66.7 Å². The zero-order valence-electron chi connectivity index (χ0n) is 5.65. The molecule has 0 radical (unpaired) electrons. The van der Waals surface area contributed by atoms with Crippen molar-refractivity contribution in [3.8, 4) is 0 Å². The second-order valence-electron chi connectivity index (χ2n) is 2.44. The minimum Gasteiger partial charge on any atom is -0.325 e. The number of aromatic amines is 1. The summed E-state index contributed by atoms with van der Waals surface area (Å²) in [4.78, 5) is 0. The van der Waals surface area contributed by atoms with Crippen molar-refractivity contribution in [2.24, 2.45) is 5.73 Å². The van der Waals surface area contributed by atoms with Crippen LogP contribution in [0.1, 0.15) is 17.0 Å². The van der Waals surface area contributed by atoms with Crippen LogP contribution in [0.4, 0.5) is 0 Å². The van der Waals surface area contributed by atoms with E-state index in [-0.39, 0.29) is 0 Å². The average molecular weight is 138 g/mol. The first-order valence-corrected chi connectivity index (χ1v) is 3.37. The van der Waals surface area contributed by atoms with Crippen LogP contribution in [-0.2, 0) is 19.6 Å².